The van der Waals surface area contributed by atoms with Crippen LogP contribution in [0.25, 0.3) is 0 Å². The van der Waals surface area contributed by atoms with Crippen molar-refractivity contribution in [3.05, 3.63) is 24.0 Å². The summed E-state index contributed by atoms with van der Waals surface area (Å²) in [7, 11) is 2.09. The zero-order chi connectivity index (χ0) is 11.3. The van der Waals surface area contributed by atoms with Crippen molar-refractivity contribution >= 4 is 17.4 Å². The minimum atomic E-state index is 0.495. The van der Waals surface area contributed by atoms with Gasteiger partial charge in [-0.15, -0.1) is 0 Å². The van der Waals surface area contributed by atoms with E-state index in [0.717, 1.165) is 17.0 Å². The Hall–Kier alpha value is -0.740. The number of rotatable bonds is 5. The van der Waals surface area contributed by atoms with Crippen LogP contribution in [0.1, 0.15) is 12.5 Å². The van der Waals surface area contributed by atoms with Gasteiger partial charge in [-0.3, -0.25) is 4.98 Å². The van der Waals surface area contributed by atoms with Gasteiger partial charge in [-0.2, -0.15) is 11.8 Å². The second-order valence-corrected chi connectivity index (χ2v) is 4.53. The number of nitrogens with two attached hydrogens (primary N) is 1. The third-order valence-electron chi connectivity index (χ3n) is 2.56. The molecule has 1 unspecified atom stereocenters. The van der Waals surface area contributed by atoms with E-state index in [0.29, 0.717) is 12.6 Å². The zero-order valence-corrected chi connectivity index (χ0v) is 10.4. The van der Waals surface area contributed by atoms with E-state index < -0.39 is 0 Å². The van der Waals surface area contributed by atoms with Gasteiger partial charge in [0.15, 0.2) is 0 Å². The van der Waals surface area contributed by atoms with Crippen molar-refractivity contribution in [2.75, 3.05) is 24.0 Å². The van der Waals surface area contributed by atoms with E-state index in [9.17, 15) is 0 Å². The van der Waals surface area contributed by atoms with Crippen molar-refractivity contribution in [3.8, 4) is 0 Å². The van der Waals surface area contributed by atoms with Crippen molar-refractivity contribution in [1.82, 2.24) is 4.98 Å². The number of anilines is 1. The van der Waals surface area contributed by atoms with Gasteiger partial charge in [-0.05, 0) is 24.8 Å². The van der Waals surface area contributed by atoms with E-state index in [1.165, 1.54) is 0 Å². The highest BCUT2D eigenvalue weighted by Crippen LogP contribution is 2.20. The molecule has 0 bridgehead atoms. The molecule has 0 aliphatic rings. The Morgan fingerprint density at radius 3 is 2.93 bits per heavy atom. The molecule has 1 aromatic heterocycles. The lowest BCUT2D eigenvalue weighted by atomic mass is 10.2. The number of nitrogens with zero attached hydrogens (tertiary/aromatic N) is 2. The van der Waals surface area contributed by atoms with Crippen LogP contribution in [0, 0.1) is 0 Å². The molecule has 1 heterocycles. The highest BCUT2D eigenvalue weighted by Gasteiger charge is 2.12. The van der Waals surface area contributed by atoms with Crippen molar-refractivity contribution in [2.24, 2.45) is 5.73 Å². The fourth-order valence-electron chi connectivity index (χ4n) is 1.50. The molecule has 0 saturated carbocycles. The maximum Gasteiger partial charge on any atom is 0.0598 e. The fraction of sp³-hybridized carbons (Fsp3) is 0.545. The molecule has 0 fully saturated rings. The first kappa shape index (κ1) is 12.3. The first-order valence-corrected chi connectivity index (χ1v) is 6.44. The van der Waals surface area contributed by atoms with Crippen LogP contribution in [0.15, 0.2) is 18.5 Å². The lowest BCUT2D eigenvalue weighted by Gasteiger charge is -2.27. The molecular formula is C11H19N3S. The maximum absolute atomic E-state index is 5.70. The maximum atomic E-state index is 5.70. The molecule has 0 spiro atoms. The minimum absolute atomic E-state index is 0.495. The Morgan fingerprint density at radius 1 is 1.60 bits per heavy atom. The lowest BCUT2D eigenvalue weighted by Crippen LogP contribution is -2.31. The lowest BCUT2D eigenvalue weighted by molar-refractivity contribution is 0.757. The van der Waals surface area contributed by atoms with Crippen LogP contribution in [0.4, 0.5) is 5.69 Å². The number of hydrogen-bond acceptors (Lipinski definition) is 4. The molecule has 0 amide bonds. The molecule has 84 valence electrons. The third-order valence-corrected chi connectivity index (χ3v) is 3.37. The van der Waals surface area contributed by atoms with E-state index in [1.807, 2.05) is 24.0 Å². The summed E-state index contributed by atoms with van der Waals surface area (Å²) in [6.07, 6.45) is 5.80. The number of thioether (sulfide) groups is 1. The smallest absolute Gasteiger partial charge is 0.0598 e. The van der Waals surface area contributed by atoms with Crippen LogP contribution in [0.2, 0.25) is 0 Å². The van der Waals surface area contributed by atoms with Crippen LogP contribution in [-0.2, 0) is 6.54 Å². The summed E-state index contributed by atoms with van der Waals surface area (Å²) in [5, 5.41) is 0. The zero-order valence-electron chi connectivity index (χ0n) is 9.60. The van der Waals surface area contributed by atoms with Crippen molar-refractivity contribution < 1.29 is 0 Å². The molecule has 0 aliphatic carbocycles. The van der Waals surface area contributed by atoms with Gasteiger partial charge in [-0.1, -0.05) is 0 Å². The fourth-order valence-corrected chi connectivity index (χ4v) is 2.20. The molecule has 0 aliphatic heterocycles. The van der Waals surface area contributed by atoms with Gasteiger partial charge in [-0.25, -0.2) is 0 Å². The molecule has 2 N–H and O–H groups in total. The van der Waals surface area contributed by atoms with Gasteiger partial charge in [0.2, 0.25) is 0 Å². The number of hydrogen-bond donors (Lipinski definition) is 1. The summed E-state index contributed by atoms with van der Waals surface area (Å²) in [6, 6.07) is 2.48. The van der Waals surface area contributed by atoms with Crippen molar-refractivity contribution in [3.63, 3.8) is 0 Å². The largest absolute Gasteiger partial charge is 0.370 e. The highest BCUT2D eigenvalue weighted by molar-refractivity contribution is 7.98. The molecule has 1 aromatic rings. The summed E-state index contributed by atoms with van der Waals surface area (Å²) in [5.74, 6) is 1.11. The normalized spacial score (nSPS) is 12.5. The van der Waals surface area contributed by atoms with Crippen molar-refractivity contribution in [1.29, 1.82) is 0 Å². The third kappa shape index (κ3) is 3.11. The summed E-state index contributed by atoms with van der Waals surface area (Å²) in [4.78, 5) is 6.39. The van der Waals surface area contributed by atoms with Crippen LogP contribution in [0.3, 0.4) is 0 Å². The average Bonchev–Trinajstić information content (AvgIpc) is 2.28. The van der Waals surface area contributed by atoms with Crippen LogP contribution in [0.5, 0.6) is 0 Å². The first-order chi connectivity index (χ1) is 7.20. The van der Waals surface area contributed by atoms with E-state index in [2.05, 4.69) is 30.1 Å². The second-order valence-electron chi connectivity index (χ2n) is 3.62. The molecular weight excluding hydrogens is 206 g/mol. The Morgan fingerprint density at radius 2 is 2.33 bits per heavy atom. The summed E-state index contributed by atoms with van der Waals surface area (Å²) in [6.45, 7) is 2.78. The topological polar surface area (TPSA) is 42.2 Å². The molecule has 0 saturated heterocycles. The van der Waals surface area contributed by atoms with E-state index >= 15 is 0 Å². The van der Waals surface area contributed by atoms with Gasteiger partial charge >= 0.3 is 0 Å². The van der Waals surface area contributed by atoms with Gasteiger partial charge in [0, 0.05) is 31.6 Å². The molecule has 0 aromatic carbocycles. The number of aromatic nitrogens is 1. The Kier molecular flexibility index (Phi) is 4.91. The molecule has 1 rings (SSSR count). The van der Waals surface area contributed by atoms with E-state index in [4.69, 9.17) is 5.73 Å². The Labute approximate surface area is 96.1 Å². The predicted molar refractivity (Wildman–Crippen MR) is 68.4 cm³/mol. The molecule has 3 nitrogen and oxygen atoms in total. The molecule has 1 atom stereocenters. The van der Waals surface area contributed by atoms with Crippen LogP contribution < -0.4 is 10.6 Å². The van der Waals surface area contributed by atoms with Crippen molar-refractivity contribution in [2.45, 2.75) is 19.5 Å². The monoisotopic (exact) mass is 225 g/mol. The molecule has 4 heteroatoms. The van der Waals surface area contributed by atoms with Gasteiger partial charge in [0.1, 0.15) is 0 Å². The van der Waals surface area contributed by atoms with Gasteiger partial charge < -0.3 is 10.6 Å². The Balaban J connectivity index is 2.84. The SMILES string of the molecule is CSCC(C)N(C)c1cnccc1CN. The van der Waals surface area contributed by atoms with Gasteiger partial charge in [0.25, 0.3) is 0 Å². The summed E-state index contributed by atoms with van der Waals surface area (Å²) >= 11 is 1.85. The summed E-state index contributed by atoms with van der Waals surface area (Å²) in [5.41, 5.74) is 8.00. The second kappa shape index (κ2) is 5.98. The van der Waals surface area contributed by atoms with Crippen LogP contribution in [-0.4, -0.2) is 30.1 Å². The Bertz CT molecular complexity index is 304. The average molecular weight is 225 g/mol. The molecule has 15 heavy (non-hydrogen) atoms. The first-order valence-electron chi connectivity index (χ1n) is 5.05. The standard InChI is InChI=1S/C11H19N3S/c1-9(8-15-3)14(2)11-7-13-5-4-10(11)6-12/h4-5,7,9H,6,8,12H2,1-3H3. The van der Waals surface area contributed by atoms with Crippen LogP contribution >= 0.6 is 11.8 Å². The highest BCUT2D eigenvalue weighted by atomic mass is 32.2. The quantitative estimate of drug-likeness (QED) is 0.828. The number of pyridine rings is 1. The van der Waals surface area contributed by atoms with Gasteiger partial charge in [0.05, 0.1) is 11.9 Å². The van der Waals surface area contributed by atoms with E-state index in [-0.39, 0.29) is 0 Å². The predicted octanol–water partition coefficient (Wildman–Crippen LogP) is 1.73. The summed E-state index contributed by atoms with van der Waals surface area (Å²) < 4.78 is 0. The molecule has 0 radical (unpaired) electrons. The van der Waals surface area contributed by atoms with E-state index in [1.54, 1.807) is 6.20 Å². The minimum Gasteiger partial charge on any atom is -0.370 e.